The second kappa shape index (κ2) is 6.72. The van der Waals surface area contributed by atoms with Crippen LogP contribution < -0.4 is 0 Å². The van der Waals surface area contributed by atoms with E-state index in [4.69, 9.17) is 9.40 Å². The Bertz CT molecular complexity index is 1080. The molecule has 0 amide bonds. The molecule has 0 saturated carbocycles. The molecule has 4 rings (SSSR count). The van der Waals surface area contributed by atoms with E-state index in [-0.39, 0.29) is 1.43 Å². The van der Waals surface area contributed by atoms with Crippen LogP contribution in [0, 0.1) is 6.92 Å². The summed E-state index contributed by atoms with van der Waals surface area (Å²) in [6, 6.07) is 17.5. The second-order valence-electron chi connectivity index (χ2n) is 5.76. The van der Waals surface area contributed by atoms with E-state index in [9.17, 15) is 0 Å². The molecule has 0 aliphatic carbocycles. The molecule has 5 nitrogen and oxygen atoms in total. The predicted molar refractivity (Wildman–Crippen MR) is 103 cm³/mol. The summed E-state index contributed by atoms with van der Waals surface area (Å²) in [4.78, 5) is 9.19. The minimum absolute atomic E-state index is 0. The van der Waals surface area contributed by atoms with E-state index in [0.717, 1.165) is 28.1 Å². The fourth-order valence-electron chi connectivity index (χ4n) is 2.71. The molecular weight excluding hydrogens is 324 g/mol. The largest absolute Gasteiger partial charge is 0.415 e. The summed E-state index contributed by atoms with van der Waals surface area (Å²) in [5, 5.41) is 8.30. The molecule has 4 aromatic rings. The van der Waals surface area contributed by atoms with E-state index in [2.05, 4.69) is 21.8 Å². The zero-order chi connectivity index (χ0) is 17.9. The first-order valence-corrected chi connectivity index (χ1v) is 8.21. The van der Waals surface area contributed by atoms with Gasteiger partial charge in [0.05, 0.1) is 17.6 Å². The van der Waals surface area contributed by atoms with E-state index in [1.807, 2.05) is 61.5 Å². The zero-order valence-corrected chi connectivity index (χ0v) is 14.3. The van der Waals surface area contributed by atoms with Crippen molar-refractivity contribution in [2.75, 3.05) is 0 Å². The SMILES string of the molecule is C=Cc1ccccc1-c1cnc(C)c(-c2nnc(-c3ccccc3)o2)n1.[HH]. The number of rotatable bonds is 4. The molecule has 26 heavy (non-hydrogen) atoms. The van der Waals surface area contributed by atoms with E-state index in [1.165, 1.54) is 0 Å². The van der Waals surface area contributed by atoms with Crippen molar-refractivity contribution in [3.8, 4) is 34.3 Å². The molecule has 2 aromatic carbocycles. The molecule has 0 bridgehead atoms. The molecular formula is C21H18N4O. The van der Waals surface area contributed by atoms with E-state index in [0.29, 0.717) is 17.5 Å². The Labute approximate surface area is 152 Å². The van der Waals surface area contributed by atoms with Crippen LogP contribution in [-0.2, 0) is 0 Å². The molecule has 0 N–H and O–H groups in total. The Morgan fingerprint density at radius 2 is 1.69 bits per heavy atom. The molecule has 0 aliphatic heterocycles. The van der Waals surface area contributed by atoms with Gasteiger partial charge in [-0.05, 0) is 24.6 Å². The smallest absolute Gasteiger partial charge is 0.268 e. The number of aromatic nitrogens is 4. The average molecular weight is 342 g/mol. The van der Waals surface area contributed by atoms with Crippen LogP contribution in [0.2, 0.25) is 0 Å². The summed E-state index contributed by atoms with van der Waals surface area (Å²) in [5.74, 6) is 0.811. The van der Waals surface area contributed by atoms with Crippen LogP contribution in [0.3, 0.4) is 0 Å². The maximum atomic E-state index is 5.84. The molecule has 5 heteroatoms. The van der Waals surface area contributed by atoms with Gasteiger partial charge >= 0.3 is 0 Å². The molecule has 128 valence electrons. The number of hydrogen-bond donors (Lipinski definition) is 0. The first-order chi connectivity index (χ1) is 12.8. The van der Waals surface area contributed by atoms with Crippen LogP contribution >= 0.6 is 0 Å². The van der Waals surface area contributed by atoms with Gasteiger partial charge in [-0.2, -0.15) is 0 Å². The first-order valence-electron chi connectivity index (χ1n) is 8.21. The number of nitrogens with zero attached hydrogens (tertiary/aromatic N) is 4. The Kier molecular flexibility index (Phi) is 4.11. The average Bonchev–Trinajstić information content (AvgIpc) is 3.19. The van der Waals surface area contributed by atoms with Gasteiger partial charge in [0.25, 0.3) is 5.89 Å². The summed E-state index contributed by atoms with van der Waals surface area (Å²) < 4.78 is 5.84. The Hall–Kier alpha value is -3.60. The van der Waals surface area contributed by atoms with Crippen molar-refractivity contribution in [3.05, 3.63) is 78.6 Å². The minimum Gasteiger partial charge on any atom is -0.415 e. The number of hydrogen-bond acceptors (Lipinski definition) is 5. The molecule has 2 aromatic heterocycles. The third kappa shape index (κ3) is 2.91. The molecule has 0 fully saturated rings. The highest BCUT2D eigenvalue weighted by atomic mass is 16.4. The fraction of sp³-hybridized carbons (Fsp3) is 0.0476. The van der Waals surface area contributed by atoms with Gasteiger partial charge in [0, 0.05) is 12.6 Å². The van der Waals surface area contributed by atoms with Crippen LogP contribution in [0.4, 0.5) is 0 Å². The van der Waals surface area contributed by atoms with Crippen molar-refractivity contribution in [2.45, 2.75) is 6.92 Å². The molecule has 0 aliphatic rings. The molecule has 0 saturated heterocycles. The lowest BCUT2D eigenvalue weighted by atomic mass is 10.0. The third-order valence-corrected chi connectivity index (χ3v) is 4.06. The summed E-state index contributed by atoms with van der Waals surface area (Å²) in [6.45, 7) is 5.74. The maximum absolute atomic E-state index is 5.84. The summed E-state index contributed by atoms with van der Waals surface area (Å²) in [5.41, 5.74) is 4.86. The van der Waals surface area contributed by atoms with Gasteiger partial charge in [-0.25, -0.2) is 4.98 Å². The van der Waals surface area contributed by atoms with E-state index >= 15 is 0 Å². The summed E-state index contributed by atoms with van der Waals surface area (Å²) >= 11 is 0. The van der Waals surface area contributed by atoms with Crippen LogP contribution in [-0.4, -0.2) is 20.2 Å². The van der Waals surface area contributed by atoms with Gasteiger partial charge in [-0.1, -0.05) is 55.1 Å². The lowest BCUT2D eigenvalue weighted by Crippen LogP contribution is -1.96. The third-order valence-electron chi connectivity index (χ3n) is 4.06. The molecule has 0 radical (unpaired) electrons. The number of aryl methyl sites for hydroxylation is 1. The van der Waals surface area contributed by atoms with Crippen LogP contribution in [0.5, 0.6) is 0 Å². The van der Waals surface area contributed by atoms with Crippen molar-refractivity contribution in [1.29, 1.82) is 0 Å². The Morgan fingerprint density at radius 3 is 2.50 bits per heavy atom. The normalized spacial score (nSPS) is 10.7. The second-order valence-corrected chi connectivity index (χ2v) is 5.76. The van der Waals surface area contributed by atoms with E-state index in [1.54, 1.807) is 12.3 Å². The summed E-state index contributed by atoms with van der Waals surface area (Å²) in [7, 11) is 0. The van der Waals surface area contributed by atoms with Crippen LogP contribution in [0.1, 0.15) is 12.7 Å². The van der Waals surface area contributed by atoms with Crippen molar-refractivity contribution in [3.63, 3.8) is 0 Å². The van der Waals surface area contributed by atoms with Crippen molar-refractivity contribution >= 4 is 6.08 Å². The van der Waals surface area contributed by atoms with Crippen molar-refractivity contribution in [1.82, 2.24) is 20.2 Å². The predicted octanol–water partition coefficient (Wildman–Crippen LogP) is 5.06. The van der Waals surface area contributed by atoms with Gasteiger partial charge in [0.15, 0.2) is 0 Å². The Morgan fingerprint density at radius 1 is 0.962 bits per heavy atom. The summed E-state index contributed by atoms with van der Waals surface area (Å²) in [6.07, 6.45) is 3.55. The monoisotopic (exact) mass is 342 g/mol. The molecule has 0 spiro atoms. The van der Waals surface area contributed by atoms with Crippen molar-refractivity contribution < 1.29 is 5.84 Å². The quantitative estimate of drug-likeness (QED) is 0.519. The number of benzene rings is 2. The highest BCUT2D eigenvalue weighted by Crippen LogP contribution is 2.28. The van der Waals surface area contributed by atoms with Gasteiger partial charge in [0.2, 0.25) is 5.89 Å². The maximum Gasteiger partial charge on any atom is 0.268 e. The lowest BCUT2D eigenvalue weighted by molar-refractivity contribution is 0.581. The van der Waals surface area contributed by atoms with Crippen LogP contribution in [0.15, 0.2) is 71.8 Å². The topological polar surface area (TPSA) is 64.7 Å². The van der Waals surface area contributed by atoms with Gasteiger partial charge < -0.3 is 4.42 Å². The van der Waals surface area contributed by atoms with Gasteiger partial charge in [0.1, 0.15) is 5.69 Å². The highest BCUT2D eigenvalue weighted by molar-refractivity contribution is 5.73. The van der Waals surface area contributed by atoms with Crippen molar-refractivity contribution in [2.24, 2.45) is 0 Å². The zero-order valence-electron chi connectivity index (χ0n) is 14.3. The molecule has 0 atom stereocenters. The lowest BCUT2D eigenvalue weighted by Gasteiger charge is -2.07. The molecule has 0 unspecified atom stereocenters. The fourth-order valence-corrected chi connectivity index (χ4v) is 2.71. The Balaban J connectivity index is 0.00000210. The van der Waals surface area contributed by atoms with Gasteiger partial charge in [-0.15, -0.1) is 10.2 Å². The van der Waals surface area contributed by atoms with E-state index < -0.39 is 0 Å². The first kappa shape index (κ1) is 15.9. The minimum atomic E-state index is 0. The van der Waals surface area contributed by atoms with Gasteiger partial charge in [-0.3, -0.25) is 4.98 Å². The highest BCUT2D eigenvalue weighted by Gasteiger charge is 2.16. The standard InChI is InChI=1S/C21H16N4O.H2/c1-3-15-9-7-8-12-17(15)18-13-22-14(2)19(23-18)21-25-24-20(26-21)16-10-5-4-6-11-16;/h3-13H,1H2,2H3;1H. The van der Waals surface area contributed by atoms with Crippen LogP contribution in [0.25, 0.3) is 40.4 Å². The molecule has 2 heterocycles.